The van der Waals surface area contributed by atoms with Crippen molar-refractivity contribution in [2.75, 3.05) is 12.9 Å². The van der Waals surface area contributed by atoms with Gasteiger partial charge in [0.25, 0.3) is 0 Å². The first-order chi connectivity index (χ1) is 18.5. The SMILES string of the molecule is COC(=O)C(=C(O)CSc1nnc(COc2ccccc2C)n1-c1ccccc1)c1nc2ccccc2[nH]1. The number of aryl methyl sites for hydroxylation is 1. The van der Waals surface area contributed by atoms with E-state index in [-0.39, 0.29) is 29.5 Å². The summed E-state index contributed by atoms with van der Waals surface area (Å²) in [6.45, 7) is 2.18. The van der Waals surface area contributed by atoms with E-state index >= 15 is 0 Å². The number of aliphatic hydroxyl groups excluding tert-OH is 1. The highest BCUT2D eigenvalue weighted by Gasteiger charge is 2.23. The van der Waals surface area contributed by atoms with E-state index in [9.17, 15) is 9.90 Å². The van der Waals surface area contributed by atoms with Gasteiger partial charge < -0.3 is 19.6 Å². The smallest absolute Gasteiger partial charge is 0.345 e. The second kappa shape index (κ2) is 11.2. The molecule has 0 aliphatic carbocycles. The summed E-state index contributed by atoms with van der Waals surface area (Å²) in [6.07, 6.45) is 0. The lowest BCUT2D eigenvalue weighted by Gasteiger charge is -2.12. The monoisotopic (exact) mass is 527 g/mol. The van der Waals surface area contributed by atoms with E-state index in [1.807, 2.05) is 90.4 Å². The molecule has 0 spiro atoms. The second-order valence-corrected chi connectivity index (χ2v) is 9.27. The molecule has 38 heavy (non-hydrogen) atoms. The third-order valence-electron chi connectivity index (χ3n) is 5.81. The number of carbonyl (C=O) groups is 1. The standard InChI is InChI=1S/C28H25N5O4S/c1-18-10-6-9-15-23(18)37-16-24-31-32-28(33(24)19-11-4-3-5-12-19)38-17-22(34)25(27(35)36-2)26-29-20-13-7-8-14-21(20)30-26/h3-15,34H,16-17H2,1-2H3,(H,29,30). The molecule has 192 valence electrons. The van der Waals surface area contributed by atoms with Gasteiger partial charge in [0.15, 0.2) is 11.0 Å². The maximum atomic E-state index is 12.6. The van der Waals surface area contributed by atoms with Gasteiger partial charge in [-0.2, -0.15) is 0 Å². The molecular weight excluding hydrogens is 502 g/mol. The minimum Gasteiger partial charge on any atom is -0.510 e. The number of methoxy groups -OCH3 is 1. The summed E-state index contributed by atoms with van der Waals surface area (Å²) in [5, 5.41) is 20.3. The van der Waals surface area contributed by atoms with Gasteiger partial charge in [-0.15, -0.1) is 10.2 Å². The van der Waals surface area contributed by atoms with Crippen molar-refractivity contribution in [3.63, 3.8) is 0 Å². The zero-order chi connectivity index (χ0) is 26.5. The zero-order valence-electron chi connectivity index (χ0n) is 20.8. The Labute approximate surface area is 223 Å². The molecule has 0 saturated carbocycles. The van der Waals surface area contributed by atoms with Crippen LogP contribution in [0.15, 0.2) is 89.8 Å². The fourth-order valence-corrected chi connectivity index (χ4v) is 4.76. The first-order valence-electron chi connectivity index (χ1n) is 11.8. The van der Waals surface area contributed by atoms with Gasteiger partial charge in [0.1, 0.15) is 29.5 Å². The second-order valence-electron chi connectivity index (χ2n) is 8.33. The van der Waals surface area contributed by atoms with E-state index in [1.165, 1.54) is 18.9 Å². The molecule has 0 bridgehead atoms. The molecule has 5 rings (SSSR count). The predicted octanol–water partition coefficient (Wildman–Crippen LogP) is 5.27. The van der Waals surface area contributed by atoms with E-state index in [0.29, 0.717) is 16.5 Å². The van der Waals surface area contributed by atoms with Crippen molar-refractivity contribution in [3.05, 3.63) is 102 Å². The average Bonchev–Trinajstić information content (AvgIpc) is 3.55. The number of nitrogens with zero attached hydrogens (tertiary/aromatic N) is 4. The molecule has 0 aliphatic rings. The fraction of sp³-hybridized carbons (Fsp3) is 0.143. The number of aliphatic hydroxyl groups is 1. The number of H-pyrrole nitrogens is 1. The van der Waals surface area contributed by atoms with Gasteiger partial charge in [-0.3, -0.25) is 4.57 Å². The Hall–Kier alpha value is -4.57. The van der Waals surface area contributed by atoms with Crippen molar-refractivity contribution >= 4 is 34.3 Å². The van der Waals surface area contributed by atoms with Crippen LogP contribution in [0.2, 0.25) is 0 Å². The summed E-state index contributed by atoms with van der Waals surface area (Å²) in [5.41, 5.74) is 3.24. The van der Waals surface area contributed by atoms with Crippen molar-refractivity contribution in [3.8, 4) is 11.4 Å². The molecule has 0 unspecified atom stereocenters. The molecule has 2 N–H and O–H groups in total. The molecule has 0 amide bonds. The van der Waals surface area contributed by atoms with Crippen LogP contribution >= 0.6 is 11.8 Å². The molecule has 2 heterocycles. The number of hydrogen-bond acceptors (Lipinski definition) is 8. The number of imidazole rings is 1. The minimum atomic E-state index is -0.695. The van der Waals surface area contributed by atoms with Crippen molar-refractivity contribution in [2.45, 2.75) is 18.7 Å². The lowest BCUT2D eigenvalue weighted by Crippen LogP contribution is -2.10. The van der Waals surface area contributed by atoms with E-state index in [1.54, 1.807) is 0 Å². The predicted molar refractivity (Wildman–Crippen MR) is 145 cm³/mol. The Morgan fingerprint density at radius 1 is 1.00 bits per heavy atom. The maximum absolute atomic E-state index is 12.6. The first-order valence-corrected chi connectivity index (χ1v) is 12.8. The number of benzene rings is 3. The summed E-state index contributed by atoms with van der Waals surface area (Å²) < 4.78 is 12.8. The van der Waals surface area contributed by atoms with Gasteiger partial charge in [-0.05, 0) is 42.8 Å². The van der Waals surface area contributed by atoms with Gasteiger partial charge in [0, 0.05) is 5.69 Å². The van der Waals surface area contributed by atoms with Crippen LogP contribution in [0, 0.1) is 6.92 Å². The number of nitrogens with one attached hydrogen (secondary N) is 1. The molecule has 0 radical (unpaired) electrons. The highest BCUT2D eigenvalue weighted by atomic mass is 32.2. The van der Waals surface area contributed by atoms with Crippen LogP contribution in [-0.4, -0.2) is 48.7 Å². The van der Waals surface area contributed by atoms with Crippen molar-refractivity contribution < 1.29 is 19.4 Å². The van der Waals surface area contributed by atoms with Gasteiger partial charge in [-0.25, -0.2) is 9.78 Å². The van der Waals surface area contributed by atoms with E-state index in [4.69, 9.17) is 9.47 Å². The molecular formula is C28H25N5O4S. The Balaban J connectivity index is 1.44. The minimum absolute atomic E-state index is 0.0328. The number of ether oxygens (including phenoxy) is 2. The first kappa shape index (κ1) is 25.1. The van der Waals surface area contributed by atoms with Crippen LogP contribution in [-0.2, 0) is 16.1 Å². The fourth-order valence-electron chi connectivity index (χ4n) is 3.91. The van der Waals surface area contributed by atoms with E-state index in [0.717, 1.165) is 22.5 Å². The number of esters is 1. The topological polar surface area (TPSA) is 115 Å². The van der Waals surface area contributed by atoms with Crippen LogP contribution in [0.25, 0.3) is 22.3 Å². The van der Waals surface area contributed by atoms with Crippen molar-refractivity contribution in [1.29, 1.82) is 0 Å². The van der Waals surface area contributed by atoms with Crippen molar-refractivity contribution in [1.82, 2.24) is 24.7 Å². The number of carbonyl (C=O) groups excluding carboxylic acids is 1. The van der Waals surface area contributed by atoms with E-state index in [2.05, 4.69) is 20.2 Å². The zero-order valence-corrected chi connectivity index (χ0v) is 21.6. The largest absolute Gasteiger partial charge is 0.510 e. The summed E-state index contributed by atoms with van der Waals surface area (Å²) >= 11 is 1.23. The third-order valence-corrected chi connectivity index (χ3v) is 6.75. The Kier molecular flexibility index (Phi) is 7.41. The number of rotatable bonds is 9. The Morgan fingerprint density at radius 2 is 1.74 bits per heavy atom. The van der Waals surface area contributed by atoms with Gasteiger partial charge in [0.05, 0.1) is 23.9 Å². The van der Waals surface area contributed by atoms with E-state index < -0.39 is 5.97 Å². The van der Waals surface area contributed by atoms with Crippen LogP contribution in [0.4, 0.5) is 0 Å². The number of aromatic amines is 1. The molecule has 5 aromatic rings. The molecule has 9 nitrogen and oxygen atoms in total. The molecule has 0 fully saturated rings. The van der Waals surface area contributed by atoms with Crippen molar-refractivity contribution in [2.24, 2.45) is 0 Å². The average molecular weight is 528 g/mol. The van der Waals surface area contributed by atoms with Crippen LogP contribution in [0.1, 0.15) is 17.2 Å². The summed E-state index contributed by atoms with van der Waals surface area (Å²) in [7, 11) is 1.26. The third kappa shape index (κ3) is 5.25. The summed E-state index contributed by atoms with van der Waals surface area (Å²) in [5.74, 6) is 0.730. The molecule has 2 aromatic heterocycles. The Morgan fingerprint density at radius 3 is 2.50 bits per heavy atom. The summed E-state index contributed by atoms with van der Waals surface area (Å²) in [4.78, 5) is 20.2. The molecule has 3 aromatic carbocycles. The maximum Gasteiger partial charge on any atom is 0.345 e. The highest BCUT2D eigenvalue weighted by molar-refractivity contribution is 7.99. The molecule has 0 saturated heterocycles. The number of fused-ring (bicyclic) bond motifs is 1. The quantitative estimate of drug-likeness (QED) is 0.115. The van der Waals surface area contributed by atoms with Gasteiger partial charge in [0.2, 0.25) is 0 Å². The molecule has 10 heteroatoms. The summed E-state index contributed by atoms with van der Waals surface area (Å²) in [6, 6.07) is 24.8. The van der Waals surface area contributed by atoms with Gasteiger partial charge in [-0.1, -0.05) is 60.3 Å². The lowest BCUT2D eigenvalue weighted by molar-refractivity contribution is -0.133. The molecule has 0 atom stereocenters. The molecule has 0 aliphatic heterocycles. The normalized spacial score (nSPS) is 11.8. The number of thioether (sulfide) groups is 1. The highest BCUT2D eigenvalue weighted by Crippen LogP contribution is 2.28. The number of para-hydroxylation sites is 4. The Bertz CT molecular complexity index is 1580. The number of hydrogen-bond donors (Lipinski definition) is 2. The number of aromatic nitrogens is 5. The lowest BCUT2D eigenvalue weighted by atomic mass is 10.2. The van der Waals surface area contributed by atoms with Gasteiger partial charge >= 0.3 is 5.97 Å². The van der Waals surface area contributed by atoms with Crippen LogP contribution in [0.5, 0.6) is 5.75 Å². The van der Waals surface area contributed by atoms with Crippen LogP contribution < -0.4 is 4.74 Å². The van der Waals surface area contributed by atoms with Crippen LogP contribution in [0.3, 0.4) is 0 Å².